The molecule has 1 aliphatic carbocycles. The molecule has 7 heteroatoms. The summed E-state index contributed by atoms with van der Waals surface area (Å²) in [6, 6.07) is 1.76. The molecule has 1 saturated carbocycles. The lowest BCUT2D eigenvalue weighted by Gasteiger charge is -2.07. The van der Waals surface area contributed by atoms with Crippen molar-refractivity contribution in [2.45, 2.75) is 26.2 Å². The highest BCUT2D eigenvalue weighted by molar-refractivity contribution is 5.49. The third-order valence-electron chi connectivity index (χ3n) is 3.39. The van der Waals surface area contributed by atoms with E-state index in [0.29, 0.717) is 11.5 Å². The van der Waals surface area contributed by atoms with Crippen molar-refractivity contribution in [3.05, 3.63) is 22.4 Å². The van der Waals surface area contributed by atoms with Crippen LogP contribution in [0.15, 0.2) is 10.9 Å². The van der Waals surface area contributed by atoms with E-state index in [1.54, 1.807) is 13.0 Å². The molecule has 2 N–H and O–H groups in total. The van der Waals surface area contributed by atoms with E-state index in [0.717, 1.165) is 37.9 Å². The lowest BCUT2D eigenvalue weighted by Crippen LogP contribution is -2.14. The fourth-order valence-electron chi connectivity index (χ4n) is 2.11. The van der Waals surface area contributed by atoms with E-state index in [2.05, 4.69) is 20.5 Å². The number of nitrogens with one attached hydrogen (secondary N) is 2. The number of hydrogen-bond acceptors (Lipinski definition) is 5. The Kier molecular flexibility index (Phi) is 3.68. The lowest BCUT2D eigenvalue weighted by atomic mass is 10.4. The molecule has 0 bridgehead atoms. The molecule has 20 heavy (non-hydrogen) atoms. The van der Waals surface area contributed by atoms with Crippen LogP contribution in [-0.4, -0.2) is 39.3 Å². The molecule has 0 radical (unpaired) electrons. The van der Waals surface area contributed by atoms with Gasteiger partial charge in [0.1, 0.15) is 11.6 Å². The molecule has 1 aliphatic rings. The number of hydrogen-bond donors (Lipinski definition) is 2. The summed E-state index contributed by atoms with van der Waals surface area (Å²) in [5.74, 6) is 2.16. The minimum absolute atomic E-state index is 0.259. The van der Waals surface area contributed by atoms with Crippen LogP contribution in [-0.2, 0) is 4.74 Å². The summed E-state index contributed by atoms with van der Waals surface area (Å²) >= 11 is 0. The van der Waals surface area contributed by atoms with E-state index in [1.807, 2.05) is 0 Å². The van der Waals surface area contributed by atoms with Crippen LogP contribution in [0.3, 0.4) is 0 Å². The quantitative estimate of drug-likeness (QED) is 0.736. The zero-order valence-corrected chi connectivity index (χ0v) is 11.6. The maximum atomic E-state index is 11.5. The Balaban J connectivity index is 1.50. The minimum atomic E-state index is -0.259. The molecule has 2 aromatic heterocycles. The minimum Gasteiger partial charge on any atom is -0.381 e. The zero-order valence-electron chi connectivity index (χ0n) is 11.6. The summed E-state index contributed by atoms with van der Waals surface area (Å²) in [4.78, 5) is 15.8. The van der Waals surface area contributed by atoms with Crippen molar-refractivity contribution in [3.8, 4) is 0 Å². The van der Waals surface area contributed by atoms with E-state index in [-0.39, 0.29) is 5.69 Å². The van der Waals surface area contributed by atoms with Gasteiger partial charge in [0.05, 0.1) is 0 Å². The third kappa shape index (κ3) is 2.98. The van der Waals surface area contributed by atoms with Gasteiger partial charge < -0.3 is 10.1 Å². The fraction of sp³-hybridized carbons (Fsp3) is 0.615. The first-order valence-corrected chi connectivity index (χ1v) is 7.00. The Labute approximate surface area is 116 Å². The first-order valence-electron chi connectivity index (χ1n) is 7.00. The molecule has 0 saturated heterocycles. The summed E-state index contributed by atoms with van der Waals surface area (Å²) < 4.78 is 7.02. The first kappa shape index (κ1) is 13.1. The van der Waals surface area contributed by atoms with Gasteiger partial charge in [0.2, 0.25) is 0 Å². The maximum absolute atomic E-state index is 11.5. The van der Waals surface area contributed by atoms with Gasteiger partial charge in [0, 0.05) is 25.8 Å². The first-order chi connectivity index (χ1) is 9.74. The number of aromatic nitrogens is 4. The van der Waals surface area contributed by atoms with E-state index in [9.17, 15) is 4.79 Å². The van der Waals surface area contributed by atoms with Crippen molar-refractivity contribution in [1.29, 1.82) is 0 Å². The van der Waals surface area contributed by atoms with Crippen LogP contribution in [0.5, 0.6) is 0 Å². The molecular weight excluding hydrogens is 258 g/mol. The Morgan fingerprint density at radius 3 is 3.20 bits per heavy atom. The number of nitrogens with zero attached hydrogens (tertiary/aromatic N) is 3. The van der Waals surface area contributed by atoms with E-state index >= 15 is 0 Å². The number of anilines is 1. The Morgan fingerprint density at radius 2 is 2.40 bits per heavy atom. The van der Waals surface area contributed by atoms with Crippen molar-refractivity contribution >= 4 is 11.5 Å². The molecule has 7 nitrogen and oxygen atoms in total. The number of H-pyrrole nitrogens is 1. The van der Waals surface area contributed by atoms with Crippen molar-refractivity contribution in [2.75, 3.05) is 25.1 Å². The van der Waals surface area contributed by atoms with Gasteiger partial charge in [-0.3, -0.25) is 0 Å². The summed E-state index contributed by atoms with van der Waals surface area (Å²) in [6.07, 6.45) is 3.58. The van der Waals surface area contributed by atoms with E-state index in [1.165, 1.54) is 17.2 Å². The van der Waals surface area contributed by atoms with Crippen LogP contribution in [0.1, 0.15) is 25.1 Å². The van der Waals surface area contributed by atoms with Crippen LogP contribution < -0.4 is 11.0 Å². The van der Waals surface area contributed by atoms with E-state index in [4.69, 9.17) is 4.74 Å². The van der Waals surface area contributed by atoms with Gasteiger partial charge in [-0.05, 0) is 32.1 Å². The maximum Gasteiger partial charge on any atom is 0.349 e. The van der Waals surface area contributed by atoms with Gasteiger partial charge >= 0.3 is 5.69 Å². The second kappa shape index (κ2) is 5.62. The van der Waals surface area contributed by atoms with Gasteiger partial charge in [0.25, 0.3) is 0 Å². The predicted octanol–water partition coefficient (Wildman–Crippen LogP) is 0.955. The van der Waals surface area contributed by atoms with Crippen LogP contribution in [0.25, 0.3) is 5.65 Å². The van der Waals surface area contributed by atoms with Gasteiger partial charge in [-0.1, -0.05) is 0 Å². The zero-order chi connectivity index (χ0) is 13.9. The molecule has 2 aromatic rings. The van der Waals surface area contributed by atoms with E-state index < -0.39 is 0 Å². The molecule has 0 unspecified atom stereocenters. The number of fused-ring (bicyclic) bond motifs is 1. The van der Waals surface area contributed by atoms with Gasteiger partial charge in [-0.15, -0.1) is 0 Å². The molecular formula is C13H19N5O2. The standard InChI is InChI=1S/C13H19N5O2/c1-9-15-11(7-12-16-17-13(19)18(9)12)14-5-2-6-20-8-10-3-4-10/h7,10,14H,2-6,8H2,1H3,(H,17,19). The average molecular weight is 277 g/mol. The van der Waals surface area contributed by atoms with Gasteiger partial charge in [-0.2, -0.15) is 5.10 Å². The summed E-state index contributed by atoms with van der Waals surface area (Å²) in [6.45, 7) is 4.25. The predicted molar refractivity (Wildman–Crippen MR) is 75.0 cm³/mol. The van der Waals surface area contributed by atoms with Crippen molar-refractivity contribution in [2.24, 2.45) is 5.92 Å². The second-order valence-corrected chi connectivity index (χ2v) is 5.21. The largest absolute Gasteiger partial charge is 0.381 e. The molecule has 0 aliphatic heterocycles. The Bertz CT molecular complexity index is 644. The topological polar surface area (TPSA) is 84.3 Å². The molecule has 0 spiro atoms. The average Bonchev–Trinajstić information content (AvgIpc) is 3.17. The second-order valence-electron chi connectivity index (χ2n) is 5.21. The molecule has 0 atom stereocenters. The highest BCUT2D eigenvalue weighted by atomic mass is 16.5. The van der Waals surface area contributed by atoms with Crippen molar-refractivity contribution in [3.63, 3.8) is 0 Å². The smallest absolute Gasteiger partial charge is 0.349 e. The van der Waals surface area contributed by atoms with Gasteiger partial charge in [0.15, 0.2) is 5.65 Å². The summed E-state index contributed by atoms with van der Waals surface area (Å²) in [7, 11) is 0. The molecule has 0 amide bonds. The Hall–Kier alpha value is -1.89. The number of aryl methyl sites for hydroxylation is 1. The van der Waals surface area contributed by atoms with Gasteiger partial charge in [-0.25, -0.2) is 19.3 Å². The highest BCUT2D eigenvalue weighted by Gasteiger charge is 2.20. The Morgan fingerprint density at radius 1 is 1.55 bits per heavy atom. The molecule has 108 valence electrons. The summed E-state index contributed by atoms with van der Waals surface area (Å²) in [5, 5.41) is 9.59. The monoisotopic (exact) mass is 277 g/mol. The molecule has 3 rings (SSSR count). The van der Waals surface area contributed by atoms with Crippen molar-refractivity contribution < 1.29 is 4.74 Å². The SMILES string of the molecule is Cc1nc(NCCCOCC2CC2)cc2n[nH]c(=O)n12. The molecule has 0 aromatic carbocycles. The molecule has 2 heterocycles. The van der Waals surface area contributed by atoms with Crippen LogP contribution >= 0.6 is 0 Å². The molecule has 1 fully saturated rings. The number of rotatable bonds is 7. The summed E-state index contributed by atoms with van der Waals surface area (Å²) in [5.41, 5.74) is 0.319. The fourth-order valence-corrected chi connectivity index (χ4v) is 2.11. The van der Waals surface area contributed by atoms with Crippen LogP contribution in [0, 0.1) is 12.8 Å². The lowest BCUT2D eigenvalue weighted by molar-refractivity contribution is 0.124. The number of ether oxygens (including phenoxy) is 1. The van der Waals surface area contributed by atoms with Crippen LogP contribution in [0.4, 0.5) is 5.82 Å². The number of aromatic amines is 1. The third-order valence-corrected chi connectivity index (χ3v) is 3.39. The van der Waals surface area contributed by atoms with Crippen molar-refractivity contribution in [1.82, 2.24) is 19.6 Å². The van der Waals surface area contributed by atoms with Crippen LogP contribution in [0.2, 0.25) is 0 Å². The normalized spacial score (nSPS) is 14.8. The highest BCUT2D eigenvalue weighted by Crippen LogP contribution is 2.28.